The second-order valence-corrected chi connectivity index (χ2v) is 7.12. The molecule has 1 aliphatic rings. The van der Waals surface area contributed by atoms with E-state index in [2.05, 4.69) is 32.2 Å². The second kappa shape index (κ2) is 5.06. The van der Waals surface area contributed by atoms with E-state index in [0.717, 1.165) is 18.5 Å². The van der Waals surface area contributed by atoms with Gasteiger partial charge in [-0.3, -0.25) is 0 Å². The van der Waals surface area contributed by atoms with Crippen LogP contribution in [0.25, 0.3) is 0 Å². The highest BCUT2D eigenvalue weighted by Crippen LogP contribution is 2.45. The number of nitrogens with zero attached hydrogens (tertiary/aromatic N) is 1. The largest absolute Gasteiger partial charge is 0.367 e. The van der Waals surface area contributed by atoms with E-state index < -0.39 is 5.54 Å². The molecule has 1 fully saturated rings. The Morgan fingerprint density at radius 1 is 1.26 bits per heavy atom. The third-order valence-corrected chi connectivity index (χ3v) is 4.07. The molecule has 0 aromatic heterocycles. The van der Waals surface area contributed by atoms with Crippen LogP contribution in [0, 0.1) is 22.7 Å². The topological polar surface area (TPSA) is 35.8 Å². The summed E-state index contributed by atoms with van der Waals surface area (Å²) in [6.07, 6.45) is 2.96. The summed E-state index contributed by atoms with van der Waals surface area (Å²) in [7, 11) is 0. The van der Waals surface area contributed by atoms with E-state index in [1.54, 1.807) is 0 Å². The number of halogens is 1. The van der Waals surface area contributed by atoms with Crippen molar-refractivity contribution in [2.24, 2.45) is 11.3 Å². The Hall–Kier alpha value is -1.20. The Morgan fingerprint density at radius 2 is 1.89 bits per heavy atom. The zero-order valence-corrected chi connectivity index (χ0v) is 12.6. The highest BCUT2D eigenvalue weighted by molar-refractivity contribution is 6.30. The molecule has 1 saturated carbocycles. The molecule has 2 rings (SSSR count). The van der Waals surface area contributed by atoms with Gasteiger partial charge in [-0.05, 0) is 54.9 Å². The standard InChI is InChI=1S/C16H21ClN2/c1-12-8-15(2,3)10-16(9-12,11-18)19-14-6-4-13(17)5-7-14/h4-7,12,19H,8-10H2,1-3H3. The first-order chi connectivity index (χ1) is 8.84. The van der Waals surface area contributed by atoms with Crippen molar-refractivity contribution in [3.05, 3.63) is 29.3 Å². The van der Waals surface area contributed by atoms with Crippen LogP contribution in [-0.4, -0.2) is 5.54 Å². The van der Waals surface area contributed by atoms with Crippen LogP contribution in [0.15, 0.2) is 24.3 Å². The van der Waals surface area contributed by atoms with Crippen molar-refractivity contribution < 1.29 is 0 Å². The van der Waals surface area contributed by atoms with E-state index in [1.165, 1.54) is 6.42 Å². The van der Waals surface area contributed by atoms with Gasteiger partial charge in [0, 0.05) is 10.7 Å². The van der Waals surface area contributed by atoms with Gasteiger partial charge >= 0.3 is 0 Å². The van der Waals surface area contributed by atoms with Crippen LogP contribution in [0.5, 0.6) is 0 Å². The number of rotatable bonds is 2. The van der Waals surface area contributed by atoms with Crippen molar-refractivity contribution in [1.82, 2.24) is 0 Å². The van der Waals surface area contributed by atoms with Crippen molar-refractivity contribution in [3.8, 4) is 6.07 Å². The SMILES string of the molecule is CC1CC(C)(C)CC(C#N)(Nc2ccc(Cl)cc2)C1. The molecule has 3 heteroatoms. The number of hydrogen-bond donors (Lipinski definition) is 1. The maximum Gasteiger partial charge on any atom is 0.126 e. The quantitative estimate of drug-likeness (QED) is 0.837. The summed E-state index contributed by atoms with van der Waals surface area (Å²) >= 11 is 5.90. The smallest absolute Gasteiger partial charge is 0.126 e. The molecular formula is C16H21ClN2. The predicted octanol–water partition coefficient (Wildman–Crippen LogP) is 4.86. The minimum Gasteiger partial charge on any atom is -0.367 e. The van der Waals surface area contributed by atoms with E-state index in [9.17, 15) is 5.26 Å². The first-order valence-electron chi connectivity index (χ1n) is 6.79. The summed E-state index contributed by atoms with van der Waals surface area (Å²) in [5.41, 5.74) is 0.706. The Labute approximate surface area is 120 Å². The van der Waals surface area contributed by atoms with E-state index >= 15 is 0 Å². The minimum absolute atomic E-state index is 0.201. The zero-order valence-electron chi connectivity index (χ0n) is 11.8. The Bertz CT molecular complexity index is 486. The van der Waals surface area contributed by atoms with Crippen LogP contribution < -0.4 is 5.32 Å². The normalized spacial score (nSPS) is 29.5. The van der Waals surface area contributed by atoms with Crippen LogP contribution in [0.1, 0.15) is 40.0 Å². The molecule has 2 atom stereocenters. The fourth-order valence-corrected chi connectivity index (χ4v) is 3.72. The number of anilines is 1. The number of benzene rings is 1. The fourth-order valence-electron chi connectivity index (χ4n) is 3.59. The first-order valence-corrected chi connectivity index (χ1v) is 7.17. The lowest BCUT2D eigenvalue weighted by atomic mass is 9.64. The fraction of sp³-hybridized carbons (Fsp3) is 0.562. The molecule has 1 aromatic rings. The summed E-state index contributed by atoms with van der Waals surface area (Å²) < 4.78 is 0. The molecule has 102 valence electrons. The molecule has 0 aliphatic heterocycles. The highest BCUT2D eigenvalue weighted by Gasteiger charge is 2.43. The number of nitrogens with one attached hydrogen (secondary N) is 1. The van der Waals surface area contributed by atoms with Crippen LogP contribution >= 0.6 is 11.6 Å². The molecular weight excluding hydrogens is 256 g/mol. The van der Waals surface area contributed by atoms with E-state index in [0.29, 0.717) is 10.9 Å². The van der Waals surface area contributed by atoms with Crippen molar-refractivity contribution in [1.29, 1.82) is 5.26 Å². The molecule has 0 spiro atoms. The van der Waals surface area contributed by atoms with Gasteiger partial charge in [-0.25, -0.2) is 0 Å². The average molecular weight is 277 g/mol. The lowest BCUT2D eigenvalue weighted by Gasteiger charge is -2.44. The molecule has 0 bridgehead atoms. The van der Waals surface area contributed by atoms with Crippen LogP contribution in [-0.2, 0) is 0 Å². The van der Waals surface area contributed by atoms with Gasteiger partial charge in [-0.1, -0.05) is 32.4 Å². The van der Waals surface area contributed by atoms with Crippen LogP contribution in [0.2, 0.25) is 5.02 Å². The molecule has 2 unspecified atom stereocenters. The molecule has 1 N–H and O–H groups in total. The van der Waals surface area contributed by atoms with Crippen molar-refractivity contribution in [3.63, 3.8) is 0 Å². The molecule has 0 heterocycles. The molecule has 0 saturated heterocycles. The van der Waals surface area contributed by atoms with E-state index in [4.69, 9.17) is 11.6 Å². The van der Waals surface area contributed by atoms with Gasteiger partial charge in [0.1, 0.15) is 5.54 Å². The molecule has 1 aromatic carbocycles. The van der Waals surface area contributed by atoms with Crippen LogP contribution in [0.4, 0.5) is 5.69 Å². The van der Waals surface area contributed by atoms with Crippen molar-refractivity contribution >= 4 is 17.3 Å². The molecule has 1 aliphatic carbocycles. The molecule has 0 radical (unpaired) electrons. The predicted molar refractivity (Wildman–Crippen MR) is 80.2 cm³/mol. The Kier molecular flexibility index (Phi) is 3.78. The van der Waals surface area contributed by atoms with E-state index in [1.807, 2.05) is 24.3 Å². The lowest BCUT2D eigenvalue weighted by Crippen LogP contribution is -2.46. The maximum atomic E-state index is 9.67. The molecule has 0 amide bonds. The van der Waals surface area contributed by atoms with Gasteiger partial charge in [0.05, 0.1) is 6.07 Å². The zero-order chi connectivity index (χ0) is 14.1. The summed E-state index contributed by atoms with van der Waals surface area (Å²) in [5.74, 6) is 0.559. The minimum atomic E-state index is -0.463. The second-order valence-electron chi connectivity index (χ2n) is 6.68. The van der Waals surface area contributed by atoms with Crippen molar-refractivity contribution in [2.75, 3.05) is 5.32 Å². The third-order valence-electron chi connectivity index (χ3n) is 3.82. The summed E-state index contributed by atoms with van der Waals surface area (Å²) in [5, 5.41) is 13.8. The average Bonchev–Trinajstić information content (AvgIpc) is 2.29. The number of hydrogen-bond acceptors (Lipinski definition) is 2. The molecule has 2 nitrogen and oxygen atoms in total. The van der Waals surface area contributed by atoms with Gasteiger partial charge in [0.15, 0.2) is 0 Å². The maximum absolute atomic E-state index is 9.67. The Balaban J connectivity index is 2.23. The summed E-state index contributed by atoms with van der Waals surface area (Å²) in [4.78, 5) is 0. The van der Waals surface area contributed by atoms with Gasteiger partial charge in [0.25, 0.3) is 0 Å². The summed E-state index contributed by atoms with van der Waals surface area (Å²) in [6.45, 7) is 6.73. The van der Waals surface area contributed by atoms with Crippen LogP contribution in [0.3, 0.4) is 0 Å². The monoisotopic (exact) mass is 276 g/mol. The lowest BCUT2D eigenvalue weighted by molar-refractivity contribution is 0.149. The highest BCUT2D eigenvalue weighted by atomic mass is 35.5. The Morgan fingerprint density at radius 3 is 2.42 bits per heavy atom. The van der Waals surface area contributed by atoms with Gasteiger partial charge < -0.3 is 5.32 Å². The van der Waals surface area contributed by atoms with Gasteiger partial charge in [-0.2, -0.15) is 5.26 Å². The van der Waals surface area contributed by atoms with Crippen molar-refractivity contribution in [2.45, 2.75) is 45.6 Å². The van der Waals surface area contributed by atoms with Gasteiger partial charge in [0.2, 0.25) is 0 Å². The molecule has 19 heavy (non-hydrogen) atoms. The summed E-state index contributed by atoms with van der Waals surface area (Å²) in [6, 6.07) is 10.1. The van der Waals surface area contributed by atoms with Gasteiger partial charge in [-0.15, -0.1) is 0 Å². The van der Waals surface area contributed by atoms with E-state index in [-0.39, 0.29) is 5.41 Å². The number of nitriles is 1. The first kappa shape index (κ1) is 14.2. The third kappa shape index (κ3) is 3.42.